The number of carbonyl (C=O) groups excluding carboxylic acids is 1. The van der Waals surface area contributed by atoms with Gasteiger partial charge in [0.05, 0.1) is 11.5 Å². The van der Waals surface area contributed by atoms with Crippen molar-refractivity contribution in [1.82, 2.24) is 5.32 Å². The van der Waals surface area contributed by atoms with Gasteiger partial charge in [-0.15, -0.1) is 0 Å². The van der Waals surface area contributed by atoms with Crippen molar-refractivity contribution in [3.63, 3.8) is 0 Å². The monoisotopic (exact) mass is 266 g/mol. The fourth-order valence-corrected chi connectivity index (χ4v) is 3.12. The van der Waals surface area contributed by atoms with E-state index in [9.17, 15) is 4.79 Å². The van der Waals surface area contributed by atoms with Gasteiger partial charge in [-0.05, 0) is 32.1 Å². The number of rotatable bonds is 4. The van der Waals surface area contributed by atoms with Crippen LogP contribution in [-0.4, -0.2) is 30.2 Å². The van der Waals surface area contributed by atoms with Crippen LogP contribution in [0.15, 0.2) is 12.2 Å². The lowest BCUT2D eigenvalue weighted by molar-refractivity contribution is -0.128. The zero-order valence-corrected chi connectivity index (χ0v) is 12.0. The van der Waals surface area contributed by atoms with Crippen molar-refractivity contribution in [2.45, 2.75) is 63.6 Å². The highest BCUT2D eigenvalue weighted by Gasteiger charge is 2.36. The molecule has 3 atom stereocenters. The predicted molar refractivity (Wildman–Crippen MR) is 75.7 cm³/mol. The lowest BCUT2D eigenvalue weighted by Crippen LogP contribution is -2.49. The molecule has 0 radical (unpaired) electrons. The molecule has 0 saturated carbocycles. The molecule has 3 N–H and O–H groups in total. The minimum Gasteiger partial charge on any atom is -0.375 e. The van der Waals surface area contributed by atoms with Crippen molar-refractivity contribution in [3.8, 4) is 0 Å². The molecular formula is C15H26N2O2. The number of nitrogens with one attached hydrogen (secondary N) is 1. The summed E-state index contributed by atoms with van der Waals surface area (Å²) in [6.07, 6.45) is 8.45. The topological polar surface area (TPSA) is 64.4 Å². The van der Waals surface area contributed by atoms with Gasteiger partial charge >= 0.3 is 0 Å². The van der Waals surface area contributed by atoms with Crippen LogP contribution in [0.4, 0.5) is 0 Å². The first kappa shape index (κ1) is 14.5. The smallest absolute Gasteiger partial charge is 0.227 e. The number of ether oxygens (including phenoxy) is 1. The van der Waals surface area contributed by atoms with Gasteiger partial charge in [-0.25, -0.2) is 0 Å². The van der Waals surface area contributed by atoms with Crippen LogP contribution < -0.4 is 11.1 Å². The summed E-state index contributed by atoms with van der Waals surface area (Å²) in [5.41, 5.74) is 5.75. The molecule has 0 bridgehead atoms. The third-order valence-electron chi connectivity index (χ3n) is 4.58. The number of hydrogen-bond acceptors (Lipinski definition) is 3. The van der Waals surface area contributed by atoms with Crippen LogP contribution in [0.25, 0.3) is 0 Å². The molecule has 1 heterocycles. The molecule has 4 heteroatoms. The Kier molecular flexibility index (Phi) is 4.63. The first-order valence-electron chi connectivity index (χ1n) is 7.47. The first-order chi connectivity index (χ1) is 9.08. The van der Waals surface area contributed by atoms with Crippen LogP contribution in [0.2, 0.25) is 0 Å². The number of amides is 1. The summed E-state index contributed by atoms with van der Waals surface area (Å²) in [6.45, 7) is 5.06. The largest absolute Gasteiger partial charge is 0.375 e. The molecule has 1 amide bonds. The molecule has 1 fully saturated rings. The lowest BCUT2D eigenvalue weighted by Gasteiger charge is -2.40. The summed E-state index contributed by atoms with van der Waals surface area (Å²) >= 11 is 0. The summed E-state index contributed by atoms with van der Waals surface area (Å²) < 4.78 is 5.93. The molecular weight excluding hydrogens is 240 g/mol. The number of carbonyl (C=O) groups is 1. The second-order valence-electron chi connectivity index (χ2n) is 5.83. The van der Waals surface area contributed by atoms with Crippen molar-refractivity contribution in [2.24, 2.45) is 11.7 Å². The van der Waals surface area contributed by atoms with Crippen molar-refractivity contribution in [3.05, 3.63) is 12.2 Å². The van der Waals surface area contributed by atoms with E-state index in [1.165, 1.54) is 0 Å². The van der Waals surface area contributed by atoms with Crippen LogP contribution in [0.3, 0.4) is 0 Å². The van der Waals surface area contributed by atoms with Gasteiger partial charge in [-0.2, -0.15) is 0 Å². The Morgan fingerprint density at radius 1 is 1.42 bits per heavy atom. The molecule has 3 unspecified atom stereocenters. The van der Waals surface area contributed by atoms with Crippen molar-refractivity contribution in [1.29, 1.82) is 0 Å². The van der Waals surface area contributed by atoms with E-state index in [1.807, 2.05) is 12.2 Å². The molecule has 2 aliphatic rings. The second kappa shape index (κ2) is 6.06. The van der Waals surface area contributed by atoms with Gasteiger partial charge in [0.15, 0.2) is 0 Å². The molecule has 0 aromatic heterocycles. The average molecular weight is 266 g/mol. The van der Waals surface area contributed by atoms with Gasteiger partial charge in [0.25, 0.3) is 0 Å². The van der Waals surface area contributed by atoms with Crippen molar-refractivity contribution in [2.75, 3.05) is 6.61 Å². The second-order valence-corrected chi connectivity index (χ2v) is 5.83. The van der Waals surface area contributed by atoms with Gasteiger partial charge in [0.1, 0.15) is 0 Å². The molecule has 0 spiro atoms. The Morgan fingerprint density at radius 3 is 2.74 bits per heavy atom. The Bertz CT molecular complexity index is 350. The maximum atomic E-state index is 12.2. The molecule has 1 aliphatic heterocycles. The van der Waals surface area contributed by atoms with Crippen LogP contribution in [0, 0.1) is 5.92 Å². The van der Waals surface area contributed by atoms with Crippen molar-refractivity contribution < 1.29 is 9.53 Å². The fraction of sp³-hybridized carbons (Fsp3) is 0.800. The summed E-state index contributed by atoms with van der Waals surface area (Å²) in [6, 6.07) is 0.280. The number of hydrogen-bond donors (Lipinski definition) is 2. The first-order valence-corrected chi connectivity index (χ1v) is 7.47. The summed E-state index contributed by atoms with van der Waals surface area (Å²) in [4.78, 5) is 12.2. The Hall–Kier alpha value is -0.870. The van der Waals surface area contributed by atoms with E-state index < -0.39 is 0 Å². The highest BCUT2D eigenvalue weighted by atomic mass is 16.5. The molecule has 1 aliphatic carbocycles. The summed E-state index contributed by atoms with van der Waals surface area (Å²) in [5.74, 6) is 0.0766. The highest BCUT2D eigenvalue weighted by Crippen LogP contribution is 2.31. The number of nitrogens with two attached hydrogens (primary N) is 1. The van der Waals surface area contributed by atoms with E-state index in [1.54, 1.807) is 0 Å². The molecule has 1 saturated heterocycles. The van der Waals surface area contributed by atoms with Crippen molar-refractivity contribution >= 4 is 5.91 Å². The summed E-state index contributed by atoms with van der Waals surface area (Å²) in [7, 11) is 0. The Morgan fingerprint density at radius 2 is 2.16 bits per heavy atom. The zero-order chi connectivity index (χ0) is 13.9. The Labute approximate surface area is 115 Å². The van der Waals surface area contributed by atoms with Gasteiger partial charge in [-0.1, -0.05) is 26.0 Å². The van der Waals surface area contributed by atoms with Gasteiger partial charge in [0.2, 0.25) is 5.91 Å². The Balaban J connectivity index is 1.89. The van der Waals surface area contributed by atoms with E-state index >= 15 is 0 Å². The maximum absolute atomic E-state index is 12.2. The molecule has 4 nitrogen and oxygen atoms in total. The van der Waals surface area contributed by atoms with E-state index in [0.717, 1.165) is 38.7 Å². The van der Waals surface area contributed by atoms with Gasteiger partial charge < -0.3 is 15.8 Å². The normalized spacial score (nSPS) is 33.3. The quantitative estimate of drug-likeness (QED) is 0.762. The van der Waals surface area contributed by atoms with E-state index in [-0.39, 0.29) is 29.5 Å². The third kappa shape index (κ3) is 3.37. The fourth-order valence-electron chi connectivity index (χ4n) is 3.12. The van der Waals surface area contributed by atoms with Gasteiger partial charge in [-0.3, -0.25) is 4.79 Å². The average Bonchev–Trinajstić information content (AvgIpc) is 2.85. The summed E-state index contributed by atoms with van der Waals surface area (Å²) in [5, 5.41) is 3.18. The lowest BCUT2D eigenvalue weighted by atomic mass is 9.85. The zero-order valence-electron chi connectivity index (χ0n) is 12.0. The molecule has 0 aromatic rings. The SMILES string of the molecule is CCC1(CC)CC(NC(=O)C2C=CC(N)C2)CCO1. The van der Waals surface area contributed by atoms with Crippen LogP contribution in [0.5, 0.6) is 0 Å². The van der Waals surface area contributed by atoms with Crippen LogP contribution >= 0.6 is 0 Å². The van der Waals surface area contributed by atoms with Crippen LogP contribution in [0.1, 0.15) is 46.0 Å². The maximum Gasteiger partial charge on any atom is 0.227 e. The predicted octanol–water partition coefficient (Wildman–Crippen LogP) is 1.74. The van der Waals surface area contributed by atoms with Crippen LogP contribution in [-0.2, 0) is 9.53 Å². The minimum absolute atomic E-state index is 0.0378. The highest BCUT2D eigenvalue weighted by molar-refractivity contribution is 5.81. The minimum atomic E-state index is -0.0458. The molecule has 108 valence electrons. The molecule has 2 rings (SSSR count). The van der Waals surface area contributed by atoms with Gasteiger partial charge in [0, 0.05) is 18.7 Å². The van der Waals surface area contributed by atoms with E-state index in [4.69, 9.17) is 10.5 Å². The standard InChI is InChI=1S/C15H26N2O2/c1-3-15(4-2)10-13(7-8-19-15)17-14(18)11-5-6-12(16)9-11/h5-6,11-13H,3-4,7-10,16H2,1-2H3,(H,17,18). The molecule has 0 aromatic carbocycles. The molecule has 19 heavy (non-hydrogen) atoms. The van der Waals surface area contributed by atoms with E-state index in [0.29, 0.717) is 0 Å². The third-order valence-corrected chi connectivity index (χ3v) is 4.58. The van der Waals surface area contributed by atoms with E-state index in [2.05, 4.69) is 19.2 Å².